The summed E-state index contributed by atoms with van der Waals surface area (Å²) >= 11 is 1.56. The first kappa shape index (κ1) is 20.9. The van der Waals surface area contributed by atoms with Crippen LogP contribution in [0.2, 0.25) is 0 Å². The van der Waals surface area contributed by atoms with Gasteiger partial charge in [-0.2, -0.15) is 5.26 Å². The first-order chi connectivity index (χ1) is 16.2. The van der Waals surface area contributed by atoms with Gasteiger partial charge in [-0.15, -0.1) is 11.3 Å². The van der Waals surface area contributed by atoms with Crippen molar-refractivity contribution in [2.24, 2.45) is 0 Å². The summed E-state index contributed by atoms with van der Waals surface area (Å²) in [7, 11) is 0. The first-order valence-corrected chi connectivity index (χ1v) is 11.5. The number of benzene rings is 4. The number of nitriles is 1. The van der Waals surface area contributed by atoms with E-state index in [0.29, 0.717) is 12.2 Å². The number of rotatable bonds is 6. The molecule has 33 heavy (non-hydrogen) atoms. The fraction of sp³-hybridized carbons (Fsp3) is 0.0714. The predicted octanol–water partition coefficient (Wildman–Crippen LogP) is 6.72. The molecule has 1 unspecified atom stereocenters. The van der Waals surface area contributed by atoms with Gasteiger partial charge in [0.2, 0.25) is 0 Å². The third kappa shape index (κ3) is 4.35. The van der Waals surface area contributed by atoms with E-state index in [4.69, 9.17) is 10.5 Å². The van der Waals surface area contributed by atoms with Crippen molar-refractivity contribution in [3.8, 4) is 17.2 Å². The molecule has 1 aromatic heterocycles. The molecule has 0 saturated heterocycles. The smallest absolute Gasteiger partial charge is 0.119 e. The third-order valence-corrected chi connectivity index (χ3v) is 6.47. The highest BCUT2D eigenvalue weighted by atomic mass is 32.1. The van der Waals surface area contributed by atoms with Crippen LogP contribution in [0.3, 0.4) is 0 Å². The molecule has 0 bridgehead atoms. The predicted molar refractivity (Wildman–Crippen MR) is 134 cm³/mol. The topological polar surface area (TPSA) is 71.9 Å². The summed E-state index contributed by atoms with van der Waals surface area (Å²) in [6.45, 7) is 0.437. The molecule has 0 aliphatic rings. The second-order valence-corrected chi connectivity index (χ2v) is 8.70. The summed E-state index contributed by atoms with van der Waals surface area (Å²) in [4.78, 5) is 5.27. The number of nitrogens with zero attached hydrogens (tertiary/aromatic N) is 2. The van der Waals surface area contributed by atoms with Gasteiger partial charge in [-0.05, 0) is 51.7 Å². The number of anilines is 1. The molecule has 0 radical (unpaired) electrons. The molecule has 5 rings (SSSR count). The lowest BCUT2D eigenvalue weighted by Crippen LogP contribution is -2.06. The van der Waals surface area contributed by atoms with E-state index in [9.17, 15) is 5.26 Å². The minimum absolute atomic E-state index is 0.295. The Bertz CT molecular complexity index is 1430. The van der Waals surface area contributed by atoms with E-state index in [1.165, 1.54) is 0 Å². The van der Waals surface area contributed by atoms with Gasteiger partial charge in [0.05, 0.1) is 28.6 Å². The van der Waals surface area contributed by atoms with Crippen LogP contribution in [0.1, 0.15) is 27.7 Å². The molecule has 0 fully saturated rings. The van der Waals surface area contributed by atoms with Gasteiger partial charge in [-0.25, -0.2) is 0 Å². The van der Waals surface area contributed by atoms with Gasteiger partial charge in [0.1, 0.15) is 6.10 Å². The molecule has 2 N–H and O–H groups in total. The molecule has 4 nitrogen and oxygen atoms in total. The van der Waals surface area contributed by atoms with Crippen LogP contribution in [0.15, 0.2) is 96.6 Å². The highest BCUT2D eigenvalue weighted by Gasteiger charge is 2.19. The Labute approximate surface area is 196 Å². The average Bonchev–Trinajstić information content (AvgIpc) is 3.39. The number of hydrogen-bond donors (Lipinski definition) is 1. The maximum atomic E-state index is 9.84. The lowest BCUT2D eigenvalue weighted by atomic mass is 9.92. The van der Waals surface area contributed by atoms with Crippen molar-refractivity contribution in [1.82, 2.24) is 4.98 Å². The largest absolute Gasteiger partial charge is 0.399 e. The van der Waals surface area contributed by atoms with Crippen LogP contribution in [0.4, 0.5) is 5.69 Å². The number of fused-ring (bicyclic) bond motifs is 1. The van der Waals surface area contributed by atoms with Crippen LogP contribution >= 0.6 is 11.3 Å². The molecule has 0 amide bonds. The van der Waals surface area contributed by atoms with Crippen molar-refractivity contribution in [3.63, 3.8) is 0 Å². The average molecular weight is 448 g/mol. The van der Waals surface area contributed by atoms with E-state index in [2.05, 4.69) is 41.4 Å². The van der Waals surface area contributed by atoms with Crippen LogP contribution in [0.5, 0.6) is 0 Å². The zero-order valence-electron chi connectivity index (χ0n) is 17.8. The number of nitrogen functional groups attached to an aromatic ring is 1. The summed E-state index contributed by atoms with van der Waals surface area (Å²) in [6.07, 6.45) is 1.55. The Morgan fingerprint density at radius 2 is 1.76 bits per heavy atom. The van der Waals surface area contributed by atoms with Crippen LogP contribution in [0.25, 0.3) is 21.9 Å². The third-order valence-electron chi connectivity index (χ3n) is 5.65. The number of ether oxygens (including phenoxy) is 1. The summed E-state index contributed by atoms with van der Waals surface area (Å²) in [5.74, 6) is 0. The van der Waals surface area contributed by atoms with Gasteiger partial charge in [-0.1, -0.05) is 60.7 Å². The summed E-state index contributed by atoms with van der Waals surface area (Å²) < 4.78 is 6.40. The monoisotopic (exact) mass is 447 g/mol. The van der Waals surface area contributed by atoms with Crippen molar-refractivity contribution in [1.29, 1.82) is 5.26 Å². The molecule has 0 saturated carbocycles. The molecular formula is C28H21N3OS. The Hall–Kier alpha value is -3.98. The molecule has 0 spiro atoms. The minimum atomic E-state index is -0.295. The van der Waals surface area contributed by atoms with E-state index < -0.39 is 0 Å². The minimum Gasteiger partial charge on any atom is -0.399 e. The van der Waals surface area contributed by atoms with Gasteiger partial charge in [0.25, 0.3) is 0 Å². The Morgan fingerprint density at radius 1 is 0.939 bits per heavy atom. The molecule has 0 aliphatic carbocycles. The fourth-order valence-electron chi connectivity index (χ4n) is 4.00. The second kappa shape index (κ2) is 9.25. The second-order valence-electron chi connectivity index (χ2n) is 7.78. The van der Waals surface area contributed by atoms with Crippen molar-refractivity contribution in [3.05, 3.63) is 118 Å². The lowest BCUT2D eigenvalue weighted by Gasteiger charge is -2.19. The molecule has 1 atom stereocenters. The summed E-state index contributed by atoms with van der Waals surface area (Å²) in [5, 5.41) is 12.1. The highest BCUT2D eigenvalue weighted by molar-refractivity contribution is 7.09. The van der Waals surface area contributed by atoms with E-state index >= 15 is 0 Å². The molecule has 4 aromatic carbocycles. The van der Waals surface area contributed by atoms with E-state index in [0.717, 1.165) is 43.6 Å². The first-order valence-electron chi connectivity index (χ1n) is 10.6. The van der Waals surface area contributed by atoms with Crippen molar-refractivity contribution >= 4 is 27.8 Å². The van der Waals surface area contributed by atoms with Gasteiger partial charge in [0.15, 0.2) is 0 Å². The number of aromatic nitrogens is 1. The maximum absolute atomic E-state index is 9.84. The van der Waals surface area contributed by atoms with E-state index in [-0.39, 0.29) is 6.10 Å². The van der Waals surface area contributed by atoms with Crippen LogP contribution in [-0.2, 0) is 11.3 Å². The SMILES string of the molecule is N#Cc1ccc(C(OCc2ccc(N)cc2)c2cncs2)cc1-c1cccc2ccccc12. The standard InChI is InChI=1S/C28H21N3OS/c29-15-22-11-10-21(14-26(22)25-7-3-5-20-4-1-2-6-24(20)25)28(27-16-31-18-33-27)32-17-19-8-12-23(30)13-9-19/h1-14,16,18,28H,17,30H2. The van der Waals surface area contributed by atoms with Crippen molar-refractivity contribution in [2.75, 3.05) is 5.73 Å². The van der Waals surface area contributed by atoms with Crippen LogP contribution in [0, 0.1) is 11.3 Å². The number of thiazole rings is 1. The zero-order valence-corrected chi connectivity index (χ0v) is 18.6. The van der Waals surface area contributed by atoms with Gasteiger partial charge >= 0.3 is 0 Å². The van der Waals surface area contributed by atoms with Gasteiger partial charge in [-0.3, -0.25) is 4.98 Å². The summed E-state index contributed by atoms with van der Waals surface area (Å²) in [5.41, 5.74) is 12.9. The molecule has 160 valence electrons. The normalized spacial score (nSPS) is 11.8. The molecular weight excluding hydrogens is 426 g/mol. The molecule has 0 aliphatic heterocycles. The molecule has 5 heteroatoms. The van der Waals surface area contributed by atoms with Crippen LogP contribution in [-0.4, -0.2) is 4.98 Å². The number of nitrogens with two attached hydrogens (primary N) is 1. The van der Waals surface area contributed by atoms with Crippen molar-refractivity contribution < 1.29 is 4.74 Å². The summed E-state index contributed by atoms with van der Waals surface area (Å²) in [6, 6.07) is 30.4. The Balaban J connectivity index is 1.57. The lowest BCUT2D eigenvalue weighted by molar-refractivity contribution is 0.0689. The van der Waals surface area contributed by atoms with E-state index in [1.807, 2.05) is 66.3 Å². The van der Waals surface area contributed by atoms with Gasteiger partial charge in [0, 0.05) is 17.4 Å². The van der Waals surface area contributed by atoms with Crippen LogP contribution < -0.4 is 5.73 Å². The molecule has 1 heterocycles. The Kier molecular flexibility index (Phi) is 5.86. The highest BCUT2D eigenvalue weighted by Crippen LogP contribution is 2.36. The fourth-order valence-corrected chi connectivity index (χ4v) is 4.69. The zero-order chi connectivity index (χ0) is 22.6. The number of hydrogen-bond acceptors (Lipinski definition) is 5. The quantitative estimate of drug-likeness (QED) is 0.293. The Morgan fingerprint density at radius 3 is 2.55 bits per heavy atom. The molecule has 5 aromatic rings. The maximum Gasteiger partial charge on any atom is 0.119 e. The van der Waals surface area contributed by atoms with Gasteiger partial charge < -0.3 is 10.5 Å². The van der Waals surface area contributed by atoms with E-state index in [1.54, 1.807) is 11.3 Å². The van der Waals surface area contributed by atoms with Crippen molar-refractivity contribution in [2.45, 2.75) is 12.7 Å².